The van der Waals surface area contributed by atoms with Crippen LogP contribution in [-0.2, 0) is 16.1 Å². The molecule has 0 radical (unpaired) electrons. The zero-order valence-electron chi connectivity index (χ0n) is 15.4. The third-order valence-corrected chi connectivity index (χ3v) is 4.89. The van der Waals surface area contributed by atoms with Gasteiger partial charge in [0.15, 0.2) is 5.76 Å². The molecule has 0 saturated carbocycles. The number of rotatable bonds is 5. The lowest BCUT2D eigenvalue weighted by Crippen LogP contribution is -2.50. The number of carbonyl (C=O) groups excluding carboxylic acids is 2. The van der Waals surface area contributed by atoms with Crippen LogP contribution >= 0.6 is 0 Å². The Labute approximate surface area is 148 Å². The van der Waals surface area contributed by atoms with Crippen molar-refractivity contribution in [1.82, 2.24) is 19.9 Å². The monoisotopic (exact) mass is 348 g/mol. The first-order valence-corrected chi connectivity index (χ1v) is 9.13. The summed E-state index contributed by atoms with van der Waals surface area (Å²) in [5, 5.41) is 3.91. The summed E-state index contributed by atoms with van der Waals surface area (Å²) in [6.45, 7) is 11.2. The van der Waals surface area contributed by atoms with Gasteiger partial charge in [-0.1, -0.05) is 19.0 Å². The largest absolute Gasteiger partial charge is 0.360 e. The fourth-order valence-corrected chi connectivity index (χ4v) is 3.65. The molecule has 2 aliphatic heterocycles. The summed E-state index contributed by atoms with van der Waals surface area (Å²) in [7, 11) is 0. The van der Waals surface area contributed by atoms with Gasteiger partial charge in [-0.15, -0.1) is 0 Å². The van der Waals surface area contributed by atoms with Crippen LogP contribution in [0.2, 0.25) is 0 Å². The standard InChI is InChI=1S/C18H28N4O3/c1-13(2)10-22-11-15(9-17(22)23)18(24)21-6-4-20(5-7-21)12-16-8-14(3)19-25-16/h8,13,15H,4-7,9-12H2,1-3H3/t15-/m1/s1. The second-order valence-electron chi connectivity index (χ2n) is 7.63. The molecule has 0 aromatic carbocycles. The third kappa shape index (κ3) is 4.39. The minimum atomic E-state index is -0.172. The first-order chi connectivity index (χ1) is 11.9. The summed E-state index contributed by atoms with van der Waals surface area (Å²) in [4.78, 5) is 30.9. The Morgan fingerprint density at radius 3 is 2.64 bits per heavy atom. The van der Waals surface area contributed by atoms with Crippen LogP contribution in [0.5, 0.6) is 0 Å². The molecule has 1 aromatic rings. The molecule has 2 aliphatic rings. The van der Waals surface area contributed by atoms with Crippen molar-refractivity contribution in [2.75, 3.05) is 39.3 Å². The van der Waals surface area contributed by atoms with Gasteiger partial charge in [-0.2, -0.15) is 0 Å². The van der Waals surface area contributed by atoms with Gasteiger partial charge in [0.05, 0.1) is 18.2 Å². The summed E-state index contributed by atoms with van der Waals surface area (Å²) in [5.41, 5.74) is 0.890. The van der Waals surface area contributed by atoms with Crippen molar-refractivity contribution in [2.45, 2.75) is 33.7 Å². The third-order valence-electron chi connectivity index (χ3n) is 4.89. The van der Waals surface area contributed by atoms with Crippen molar-refractivity contribution < 1.29 is 14.1 Å². The molecule has 2 fully saturated rings. The lowest BCUT2D eigenvalue weighted by atomic mass is 10.1. The number of aryl methyl sites for hydroxylation is 1. The highest BCUT2D eigenvalue weighted by atomic mass is 16.5. The van der Waals surface area contributed by atoms with Crippen molar-refractivity contribution >= 4 is 11.8 Å². The highest BCUT2D eigenvalue weighted by Crippen LogP contribution is 2.22. The lowest BCUT2D eigenvalue weighted by molar-refractivity contribution is -0.137. The van der Waals surface area contributed by atoms with E-state index in [9.17, 15) is 9.59 Å². The molecule has 0 spiro atoms. The summed E-state index contributed by atoms with van der Waals surface area (Å²) in [6, 6.07) is 1.95. The van der Waals surface area contributed by atoms with Gasteiger partial charge in [0.25, 0.3) is 0 Å². The van der Waals surface area contributed by atoms with E-state index in [1.54, 1.807) is 0 Å². The molecule has 2 saturated heterocycles. The maximum atomic E-state index is 12.7. The molecule has 1 aromatic heterocycles. The molecule has 0 unspecified atom stereocenters. The van der Waals surface area contributed by atoms with Crippen molar-refractivity contribution in [3.8, 4) is 0 Å². The van der Waals surface area contributed by atoms with Gasteiger partial charge in [0.2, 0.25) is 11.8 Å². The van der Waals surface area contributed by atoms with Crippen LogP contribution in [0.25, 0.3) is 0 Å². The molecule has 0 N–H and O–H groups in total. The molecule has 138 valence electrons. The molecule has 7 nitrogen and oxygen atoms in total. The average molecular weight is 348 g/mol. The number of aromatic nitrogens is 1. The fraction of sp³-hybridized carbons (Fsp3) is 0.722. The zero-order valence-corrected chi connectivity index (χ0v) is 15.4. The van der Waals surface area contributed by atoms with Crippen molar-refractivity contribution in [3.63, 3.8) is 0 Å². The van der Waals surface area contributed by atoms with E-state index in [0.29, 0.717) is 32.0 Å². The lowest BCUT2D eigenvalue weighted by Gasteiger charge is -2.35. The van der Waals surface area contributed by atoms with E-state index in [0.717, 1.165) is 37.6 Å². The van der Waals surface area contributed by atoms with Crippen LogP contribution in [0.4, 0.5) is 0 Å². The Balaban J connectivity index is 1.48. The molecular formula is C18H28N4O3. The summed E-state index contributed by atoms with van der Waals surface area (Å²) < 4.78 is 5.26. The summed E-state index contributed by atoms with van der Waals surface area (Å²) in [5.74, 6) is 1.37. The van der Waals surface area contributed by atoms with Gasteiger partial charge in [-0.05, 0) is 12.8 Å². The van der Waals surface area contributed by atoms with Gasteiger partial charge < -0.3 is 14.3 Å². The number of hydrogen-bond donors (Lipinski definition) is 0. The zero-order chi connectivity index (χ0) is 18.0. The van der Waals surface area contributed by atoms with Crippen LogP contribution in [-0.4, -0.2) is 70.9 Å². The van der Waals surface area contributed by atoms with Gasteiger partial charge in [0, 0.05) is 51.8 Å². The van der Waals surface area contributed by atoms with E-state index in [1.165, 1.54) is 0 Å². The molecule has 7 heteroatoms. The minimum absolute atomic E-state index is 0.117. The van der Waals surface area contributed by atoms with E-state index >= 15 is 0 Å². The molecule has 0 aliphatic carbocycles. The molecule has 3 rings (SSSR count). The molecule has 25 heavy (non-hydrogen) atoms. The molecule has 1 atom stereocenters. The predicted molar refractivity (Wildman–Crippen MR) is 92.6 cm³/mol. The van der Waals surface area contributed by atoms with Crippen LogP contribution in [0.15, 0.2) is 10.6 Å². The van der Waals surface area contributed by atoms with Crippen molar-refractivity contribution in [1.29, 1.82) is 0 Å². The van der Waals surface area contributed by atoms with E-state index in [-0.39, 0.29) is 17.7 Å². The van der Waals surface area contributed by atoms with E-state index in [2.05, 4.69) is 23.9 Å². The minimum Gasteiger partial charge on any atom is -0.360 e. The second-order valence-corrected chi connectivity index (χ2v) is 7.63. The van der Waals surface area contributed by atoms with Gasteiger partial charge in [0.1, 0.15) is 0 Å². The summed E-state index contributed by atoms with van der Waals surface area (Å²) >= 11 is 0. The second kappa shape index (κ2) is 7.56. The van der Waals surface area contributed by atoms with Crippen LogP contribution < -0.4 is 0 Å². The Kier molecular flexibility index (Phi) is 5.42. The van der Waals surface area contributed by atoms with E-state index in [1.807, 2.05) is 22.8 Å². The topological polar surface area (TPSA) is 69.9 Å². The van der Waals surface area contributed by atoms with Crippen molar-refractivity contribution in [2.24, 2.45) is 11.8 Å². The Morgan fingerprint density at radius 1 is 1.32 bits per heavy atom. The Hall–Kier alpha value is -1.89. The predicted octanol–water partition coefficient (Wildman–Crippen LogP) is 1.13. The first kappa shape index (κ1) is 17.9. The Bertz CT molecular complexity index is 620. The van der Waals surface area contributed by atoms with Gasteiger partial charge >= 0.3 is 0 Å². The Morgan fingerprint density at radius 2 is 2.04 bits per heavy atom. The maximum absolute atomic E-state index is 12.7. The highest BCUT2D eigenvalue weighted by Gasteiger charge is 2.37. The van der Waals surface area contributed by atoms with Crippen LogP contribution in [0.1, 0.15) is 31.7 Å². The number of nitrogens with zero attached hydrogens (tertiary/aromatic N) is 4. The fourth-order valence-electron chi connectivity index (χ4n) is 3.65. The van der Waals surface area contributed by atoms with Crippen LogP contribution in [0.3, 0.4) is 0 Å². The highest BCUT2D eigenvalue weighted by molar-refractivity contribution is 5.89. The average Bonchev–Trinajstić information content (AvgIpc) is 3.13. The molecule has 3 heterocycles. The number of amides is 2. The van der Waals surface area contributed by atoms with Crippen LogP contribution in [0, 0.1) is 18.8 Å². The molecule has 0 bridgehead atoms. The van der Waals surface area contributed by atoms with Crippen molar-refractivity contribution in [3.05, 3.63) is 17.5 Å². The van der Waals surface area contributed by atoms with E-state index < -0.39 is 0 Å². The smallest absolute Gasteiger partial charge is 0.228 e. The molecular weight excluding hydrogens is 320 g/mol. The maximum Gasteiger partial charge on any atom is 0.228 e. The quantitative estimate of drug-likeness (QED) is 0.798. The normalized spacial score (nSPS) is 22.2. The van der Waals surface area contributed by atoms with Gasteiger partial charge in [-0.25, -0.2) is 0 Å². The molecule has 2 amide bonds. The number of carbonyl (C=O) groups is 2. The summed E-state index contributed by atoms with van der Waals surface area (Å²) in [6.07, 6.45) is 0.364. The number of piperazine rings is 1. The first-order valence-electron chi connectivity index (χ1n) is 9.13. The van der Waals surface area contributed by atoms with Gasteiger partial charge in [-0.3, -0.25) is 14.5 Å². The SMILES string of the molecule is Cc1cc(CN2CCN(C(=O)[C@@H]3CC(=O)N(CC(C)C)C3)CC2)on1. The number of likely N-dealkylation sites (tertiary alicyclic amines) is 1. The van der Waals surface area contributed by atoms with E-state index in [4.69, 9.17) is 4.52 Å². The number of hydrogen-bond acceptors (Lipinski definition) is 5.